The molecule has 0 aliphatic rings. The Balaban J connectivity index is 1.59. The van der Waals surface area contributed by atoms with Crippen LogP contribution < -0.4 is 14.8 Å². The number of carbonyl (C=O) groups is 1. The lowest BCUT2D eigenvalue weighted by atomic mass is 9.91. The standard InChI is InChI=1S/C29H33N3O3/c1-20-9-8-14-32-27(19-30-29(20)32)26(23-15-24(34-3)17-25(16-23)35-4)18-28(33)31-21(2)12-13-22-10-6-5-7-11-22/h5-11,14-17,19,21,26H,12-13,18H2,1-4H3,(H,31,33). The van der Waals surface area contributed by atoms with Crippen LogP contribution in [0.15, 0.2) is 73.1 Å². The van der Waals surface area contributed by atoms with Crippen molar-refractivity contribution >= 4 is 11.6 Å². The first-order valence-electron chi connectivity index (χ1n) is 12.0. The van der Waals surface area contributed by atoms with Crippen LogP contribution in [0.4, 0.5) is 0 Å². The average molecular weight is 472 g/mol. The molecule has 182 valence electrons. The molecule has 1 amide bonds. The van der Waals surface area contributed by atoms with Gasteiger partial charge in [0.15, 0.2) is 0 Å². The minimum absolute atomic E-state index is 0.0000449. The minimum atomic E-state index is -0.225. The topological polar surface area (TPSA) is 64.9 Å². The van der Waals surface area contributed by atoms with Gasteiger partial charge in [-0.3, -0.25) is 4.79 Å². The Kier molecular flexibility index (Phi) is 7.70. The molecule has 0 spiro atoms. The SMILES string of the molecule is COc1cc(OC)cc(C(CC(=O)NC(C)CCc2ccccc2)c2cnc3c(C)cccn23)c1. The number of aromatic nitrogens is 2. The molecule has 0 fully saturated rings. The van der Waals surface area contributed by atoms with Crippen molar-refractivity contribution in [2.24, 2.45) is 0 Å². The molecule has 0 saturated carbocycles. The number of fused-ring (bicyclic) bond motifs is 1. The largest absolute Gasteiger partial charge is 0.497 e. The highest BCUT2D eigenvalue weighted by Crippen LogP contribution is 2.34. The highest BCUT2D eigenvalue weighted by molar-refractivity contribution is 5.78. The van der Waals surface area contributed by atoms with Gasteiger partial charge in [0, 0.05) is 36.8 Å². The van der Waals surface area contributed by atoms with E-state index in [0.29, 0.717) is 11.5 Å². The molecule has 2 atom stereocenters. The number of aryl methyl sites for hydroxylation is 2. The first kappa shape index (κ1) is 24.3. The molecule has 2 unspecified atom stereocenters. The molecule has 6 nitrogen and oxygen atoms in total. The third kappa shape index (κ3) is 5.83. The van der Waals surface area contributed by atoms with Crippen molar-refractivity contribution in [2.75, 3.05) is 14.2 Å². The van der Waals surface area contributed by atoms with Gasteiger partial charge in [0.1, 0.15) is 17.1 Å². The molecule has 2 aromatic heterocycles. The van der Waals surface area contributed by atoms with Gasteiger partial charge >= 0.3 is 0 Å². The second-order valence-corrected chi connectivity index (χ2v) is 8.96. The van der Waals surface area contributed by atoms with Crippen LogP contribution in [0.25, 0.3) is 5.65 Å². The molecule has 35 heavy (non-hydrogen) atoms. The number of methoxy groups -OCH3 is 2. The van der Waals surface area contributed by atoms with Crippen LogP contribution in [0, 0.1) is 6.92 Å². The van der Waals surface area contributed by atoms with Crippen molar-refractivity contribution in [3.05, 3.63) is 95.4 Å². The molecule has 2 heterocycles. The summed E-state index contributed by atoms with van der Waals surface area (Å²) in [6, 6.07) is 20.2. The lowest BCUT2D eigenvalue weighted by Gasteiger charge is -2.21. The second-order valence-electron chi connectivity index (χ2n) is 8.96. The predicted octanol–water partition coefficient (Wildman–Crippen LogP) is 5.32. The molecule has 4 rings (SSSR count). The van der Waals surface area contributed by atoms with E-state index in [1.54, 1.807) is 14.2 Å². The first-order chi connectivity index (χ1) is 17.0. The van der Waals surface area contributed by atoms with Crippen molar-refractivity contribution in [2.45, 2.75) is 45.1 Å². The average Bonchev–Trinajstić information content (AvgIpc) is 3.31. The summed E-state index contributed by atoms with van der Waals surface area (Å²) in [5.74, 6) is 1.15. The molecule has 0 bridgehead atoms. The second kappa shape index (κ2) is 11.1. The lowest BCUT2D eigenvalue weighted by molar-refractivity contribution is -0.121. The maximum Gasteiger partial charge on any atom is 0.221 e. The number of hydrogen-bond acceptors (Lipinski definition) is 4. The number of benzene rings is 2. The maximum atomic E-state index is 13.3. The molecule has 0 aliphatic heterocycles. The number of hydrogen-bond donors (Lipinski definition) is 1. The molecule has 0 radical (unpaired) electrons. The molecule has 4 aromatic rings. The fourth-order valence-electron chi connectivity index (χ4n) is 4.47. The van der Waals surface area contributed by atoms with Crippen LogP contribution >= 0.6 is 0 Å². The fraction of sp³-hybridized carbons (Fsp3) is 0.310. The molecule has 6 heteroatoms. The van der Waals surface area contributed by atoms with Gasteiger partial charge in [-0.1, -0.05) is 36.4 Å². The Hall–Kier alpha value is -3.80. The van der Waals surface area contributed by atoms with Crippen LogP contribution in [0.3, 0.4) is 0 Å². The number of ether oxygens (including phenoxy) is 2. The van der Waals surface area contributed by atoms with Crippen molar-refractivity contribution in [3.63, 3.8) is 0 Å². The van der Waals surface area contributed by atoms with Crippen molar-refractivity contribution < 1.29 is 14.3 Å². The summed E-state index contributed by atoms with van der Waals surface area (Å²) >= 11 is 0. The van der Waals surface area contributed by atoms with Gasteiger partial charge in [-0.15, -0.1) is 0 Å². The summed E-state index contributed by atoms with van der Waals surface area (Å²) in [4.78, 5) is 17.9. The quantitative estimate of drug-likeness (QED) is 0.340. The monoisotopic (exact) mass is 471 g/mol. The number of nitrogens with zero attached hydrogens (tertiary/aromatic N) is 2. The van der Waals surface area contributed by atoms with E-state index in [0.717, 1.165) is 35.3 Å². The Morgan fingerprint density at radius 1 is 1.03 bits per heavy atom. The normalized spacial score (nSPS) is 12.8. The number of pyridine rings is 1. The number of nitrogens with one attached hydrogen (secondary N) is 1. The molecular formula is C29H33N3O3. The van der Waals surface area contributed by atoms with Gasteiger partial charge in [0.25, 0.3) is 0 Å². The maximum absolute atomic E-state index is 13.3. The third-order valence-electron chi connectivity index (χ3n) is 6.40. The Morgan fingerprint density at radius 2 is 1.74 bits per heavy atom. The van der Waals surface area contributed by atoms with Crippen LogP contribution in [-0.2, 0) is 11.2 Å². The van der Waals surface area contributed by atoms with Crippen LogP contribution in [0.5, 0.6) is 11.5 Å². The Labute approximate surface area is 206 Å². The summed E-state index contributed by atoms with van der Waals surface area (Å²) in [7, 11) is 3.26. The van der Waals surface area contributed by atoms with E-state index in [-0.39, 0.29) is 24.3 Å². The zero-order chi connectivity index (χ0) is 24.8. The molecular weight excluding hydrogens is 438 g/mol. The van der Waals surface area contributed by atoms with E-state index in [2.05, 4.69) is 33.8 Å². The van der Waals surface area contributed by atoms with Gasteiger partial charge in [-0.2, -0.15) is 0 Å². The van der Waals surface area contributed by atoms with Gasteiger partial charge < -0.3 is 19.2 Å². The number of imidazole rings is 1. The fourth-order valence-corrected chi connectivity index (χ4v) is 4.47. The molecule has 2 aromatic carbocycles. The number of amides is 1. The van der Waals surface area contributed by atoms with Gasteiger partial charge in [-0.05, 0) is 61.6 Å². The zero-order valence-corrected chi connectivity index (χ0v) is 20.8. The summed E-state index contributed by atoms with van der Waals surface area (Å²) < 4.78 is 13.1. The summed E-state index contributed by atoms with van der Waals surface area (Å²) in [6.07, 6.45) is 5.95. The molecule has 0 aliphatic carbocycles. The van der Waals surface area contributed by atoms with Gasteiger partial charge in [0.05, 0.1) is 19.9 Å². The predicted molar refractivity (Wildman–Crippen MR) is 138 cm³/mol. The van der Waals surface area contributed by atoms with Crippen molar-refractivity contribution in [1.29, 1.82) is 0 Å². The van der Waals surface area contributed by atoms with Crippen LogP contribution in [-0.4, -0.2) is 35.6 Å². The molecule has 1 N–H and O–H groups in total. The lowest BCUT2D eigenvalue weighted by Crippen LogP contribution is -2.34. The van der Waals surface area contributed by atoms with E-state index in [1.165, 1.54) is 5.56 Å². The van der Waals surface area contributed by atoms with E-state index in [9.17, 15) is 4.79 Å². The summed E-state index contributed by atoms with van der Waals surface area (Å²) in [5, 5.41) is 3.20. The van der Waals surface area contributed by atoms with E-state index in [4.69, 9.17) is 9.47 Å². The third-order valence-corrected chi connectivity index (χ3v) is 6.40. The van der Waals surface area contributed by atoms with Crippen molar-refractivity contribution in [3.8, 4) is 11.5 Å². The number of rotatable bonds is 10. The smallest absolute Gasteiger partial charge is 0.221 e. The first-order valence-corrected chi connectivity index (χ1v) is 12.0. The molecule has 0 saturated heterocycles. The highest BCUT2D eigenvalue weighted by atomic mass is 16.5. The van der Waals surface area contributed by atoms with E-state index >= 15 is 0 Å². The van der Waals surface area contributed by atoms with E-state index < -0.39 is 0 Å². The van der Waals surface area contributed by atoms with E-state index in [1.807, 2.05) is 67.8 Å². The Bertz CT molecular complexity index is 1260. The zero-order valence-electron chi connectivity index (χ0n) is 20.8. The number of carbonyl (C=O) groups excluding carboxylic acids is 1. The van der Waals surface area contributed by atoms with Gasteiger partial charge in [-0.25, -0.2) is 4.98 Å². The van der Waals surface area contributed by atoms with Crippen LogP contribution in [0.1, 0.15) is 48.1 Å². The van der Waals surface area contributed by atoms with Gasteiger partial charge in [0.2, 0.25) is 5.91 Å². The summed E-state index contributed by atoms with van der Waals surface area (Å²) in [5.41, 5.74) is 5.14. The minimum Gasteiger partial charge on any atom is -0.497 e. The van der Waals surface area contributed by atoms with Crippen LogP contribution in [0.2, 0.25) is 0 Å². The summed E-state index contributed by atoms with van der Waals surface area (Å²) in [6.45, 7) is 4.10. The Morgan fingerprint density at radius 3 is 2.43 bits per heavy atom. The van der Waals surface area contributed by atoms with Crippen molar-refractivity contribution in [1.82, 2.24) is 14.7 Å². The highest BCUT2D eigenvalue weighted by Gasteiger charge is 2.24.